The molecule has 2 aromatic rings. The maximum absolute atomic E-state index is 12.4. The van der Waals surface area contributed by atoms with Gasteiger partial charge in [0.2, 0.25) is 0 Å². The second-order valence-electron chi connectivity index (χ2n) is 9.60. The smallest absolute Gasteiger partial charge is 0.494 e. The average molecular weight is 567 g/mol. The second kappa shape index (κ2) is 21.0. The minimum Gasteiger partial charge on any atom is -0.494 e. The molecule has 0 bridgehead atoms. The molecule has 2 saturated carbocycles. The molecule has 4 heteroatoms. The van der Waals surface area contributed by atoms with E-state index in [9.17, 15) is 4.79 Å². The van der Waals surface area contributed by atoms with Crippen molar-refractivity contribution in [1.29, 1.82) is 0 Å². The molecule has 39 heavy (non-hydrogen) atoms. The van der Waals surface area contributed by atoms with Crippen LogP contribution in [0, 0.1) is 63.7 Å². The van der Waals surface area contributed by atoms with Gasteiger partial charge in [-0.3, -0.25) is 0 Å². The van der Waals surface area contributed by atoms with Crippen LogP contribution in [-0.2, 0) is 17.1 Å². The van der Waals surface area contributed by atoms with Crippen LogP contribution in [0.25, 0.3) is 0 Å². The molecule has 0 heterocycles. The van der Waals surface area contributed by atoms with E-state index in [0.717, 1.165) is 30.3 Å². The molecule has 2 fully saturated rings. The molecule has 0 amide bonds. The summed E-state index contributed by atoms with van der Waals surface area (Å²) < 4.78 is 11.3. The van der Waals surface area contributed by atoms with Crippen LogP contribution in [0.5, 0.6) is 11.5 Å². The Morgan fingerprint density at radius 2 is 1.08 bits per heavy atom. The fourth-order valence-corrected chi connectivity index (χ4v) is 4.24. The van der Waals surface area contributed by atoms with Crippen LogP contribution in [0.15, 0.2) is 48.5 Å². The minimum absolute atomic E-state index is 0. The molecule has 3 nitrogen and oxygen atoms in total. The predicted octanol–water partition coefficient (Wildman–Crippen LogP) is 8.98. The zero-order valence-electron chi connectivity index (χ0n) is 23.2. The molecule has 2 aromatic carbocycles. The molecule has 0 N–H and O–H groups in total. The van der Waals surface area contributed by atoms with Gasteiger partial charge in [0, 0.05) is 5.92 Å². The quantitative estimate of drug-likeness (QED) is 0.0934. The van der Waals surface area contributed by atoms with Crippen LogP contribution in [0.1, 0.15) is 87.1 Å². The first-order valence-electron chi connectivity index (χ1n) is 14.2. The molecule has 206 valence electrons. The fourth-order valence-electron chi connectivity index (χ4n) is 4.24. The number of benzene rings is 2. The third-order valence-electron chi connectivity index (χ3n) is 6.47. The molecule has 10 radical (unpaired) electrons. The Bertz CT molecular complexity index is 860. The van der Waals surface area contributed by atoms with Crippen LogP contribution < -0.4 is 9.47 Å². The van der Waals surface area contributed by atoms with E-state index in [1.807, 2.05) is 81.3 Å². The summed E-state index contributed by atoms with van der Waals surface area (Å²) in [6.07, 6.45) is 31.3. The Morgan fingerprint density at radius 1 is 0.590 bits per heavy atom. The van der Waals surface area contributed by atoms with Crippen molar-refractivity contribution in [3.63, 3.8) is 0 Å². The molecule has 0 spiro atoms. The zero-order valence-corrected chi connectivity index (χ0v) is 24.3. The summed E-state index contributed by atoms with van der Waals surface area (Å²) >= 11 is 0. The summed E-state index contributed by atoms with van der Waals surface area (Å²) in [6, 6.07) is 14.8. The van der Waals surface area contributed by atoms with E-state index in [2.05, 4.69) is 19.8 Å². The number of ether oxygens (including phenoxy) is 2. The molecule has 0 atom stereocenters. The van der Waals surface area contributed by atoms with Crippen LogP contribution in [0.2, 0.25) is 0 Å². The van der Waals surface area contributed by atoms with Gasteiger partial charge in [-0.05, 0) is 106 Å². The van der Waals surface area contributed by atoms with Gasteiger partial charge < -0.3 is 9.47 Å². The van der Waals surface area contributed by atoms with Crippen LogP contribution >= 0.6 is 0 Å². The van der Waals surface area contributed by atoms with E-state index in [4.69, 9.17) is 9.47 Å². The predicted molar refractivity (Wildman–Crippen MR) is 156 cm³/mol. The van der Waals surface area contributed by atoms with E-state index in [-0.39, 0.29) is 23.0 Å². The van der Waals surface area contributed by atoms with E-state index in [1.165, 1.54) is 57.8 Å². The van der Waals surface area contributed by atoms with Crippen molar-refractivity contribution in [3.05, 3.63) is 123 Å². The van der Waals surface area contributed by atoms with Crippen molar-refractivity contribution in [3.8, 4) is 11.5 Å². The third kappa shape index (κ3) is 13.9. The number of rotatable bonds is 15. The van der Waals surface area contributed by atoms with Crippen molar-refractivity contribution >= 4 is 5.97 Å². The number of carbonyl (C=O) groups excluding carboxylic acids is 1. The van der Waals surface area contributed by atoms with E-state index >= 15 is 0 Å². The number of carbonyl (C=O) groups is 1. The molecule has 0 saturated heterocycles. The first kappa shape index (κ1) is 33.4. The Hall–Kier alpha value is -1.77. The molecule has 0 aliphatic heterocycles. The topological polar surface area (TPSA) is 35.5 Å². The summed E-state index contributed by atoms with van der Waals surface area (Å²) in [6.45, 7) is 2.98. The van der Waals surface area contributed by atoms with Crippen LogP contribution in [0.4, 0.5) is 0 Å². The van der Waals surface area contributed by atoms with E-state index < -0.39 is 0 Å². The number of unbranched alkanes of at least 4 members (excludes halogenated alkanes) is 9. The van der Waals surface area contributed by atoms with Crippen molar-refractivity contribution in [2.75, 3.05) is 6.61 Å². The summed E-state index contributed by atoms with van der Waals surface area (Å²) in [5.41, 5.74) is 1.62. The van der Waals surface area contributed by atoms with Gasteiger partial charge in [0.05, 0.1) is 12.2 Å². The van der Waals surface area contributed by atoms with Gasteiger partial charge in [-0.1, -0.05) is 76.8 Å². The second-order valence-corrected chi connectivity index (χ2v) is 9.60. The van der Waals surface area contributed by atoms with Gasteiger partial charge in [-0.2, -0.15) is 0 Å². The SMILES string of the molecule is CCCCCCCCCCCCOc1ccc(C(=O)Oc2ccc([C]3[CH][CH][CH][CH]3)cc2)cc1.[CH]1[CH][CH][CH][CH]1.[Fe+2]. The molecule has 0 aromatic heterocycles. The average Bonchev–Trinajstić information content (AvgIpc) is 3.70. The summed E-state index contributed by atoms with van der Waals surface area (Å²) in [7, 11) is 0. The van der Waals surface area contributed by atoms with Crippen molar-refractivity contribution in [1.82, 2.24) is 0 Å². The van der Waals surface area contributed by atoms with Gasteiger partial charge in [0.25, 0.3) is 0 Å². The molecular formula is C35H42FeO3+2. The Balaban J connectivity index is 0.000000797. The van der Waals surface area contributed by atoms with Crippen LogP contribution in [0.3, 0.4) is 0 Å². The van der Waals surface area contributed by atoms with Crippen molar-refractivity contribution in [2.24, 2.45) is 0 Å². The van der Waals surface area contributed by atoms with Gasteiger partial charge in [-0.15, -0.1) is 0 Å². The van der Waals surface area contributed by atoms with Crippen LogP contribution in [-0.4, -0.2) is 12.6 Å². The van der Waals surface area contributed by atoms with Crippen molar-refractivity contribution in [2.45, 2.75) is 71.1 Å². The van der Waals surface area contributed by atoms with Gasteiger partial charge in [0.15, 0.2) is 0 Å². The van der Waals surface area contributed by atoms with Gasteiger partial charge in [0.1, 0.15) is 11.5 Å². The number of hydrogen-bond acceptors (Lipinski definition) is 3. The normalized spacial score (nSPS) is 14.8. The summed E-state index contributed by atoms with van der Waals surface area (Å²) in [4.78, 5) is 12.4. The maximum atomic E-state index is 12.4. The summed E-state index contributed by atoms with van der Waals surface area (Å²) in [5, 5.41) is 0. The molecule has 4 rings (SSSR count). The minimum atomic E-state index is -0.364. The molecule has 2 aliphatic carbocycles. The number of esters is 1. The Labute approximate surface area is 249 Å². The van der Waals surface area contributed by atoms with Crippen molar-refractivity contribution < 1.29 is 31.3 Å². The van der Waals surface area contributed by atoms with Gasteiger partial charge in [-0.25, -0.2) is 4.79 Å². The zero-order chi connectivity index (χ0) is 26.7. The standard InChI is InChI=1S/C30H37O3.C5H5.Fe/c1-2-3-4-5-6-7-8-9-10-13-24-32-28-20-18-27(19-21-28)30(31)33-29-22-16-26(17-23-29)25-14-11-12-15-25;1-2-4-5-3-1;/h11-12,14-23H,2-10,13,24H2,1H3;1-5H;/q;;+2. The molecular weight excluding hydrogens is 524 g/mol. The van der Waals surface area contributed by atoms with Gasteiger partial charge >= 0.3 is 23.0 Å². The molecule has 0 unspecified atom stereocenters. The Morgan fingerprint density at radius 3 is 1.62 bits per heavy atom. The maximum Gasteiger partial charge on any atom is 2.00 e. The monoisotopic (exact) mass is 566 g/mol. The first-order valence-corrected chi connectivity index (χ1v) is 14.2. The molecule has 2 aliphatic rings. The van der Waals surface area contributed by atoms with E-state index in [1.54, 1.807) is 12.1 Å². The largest absolute Gasteiger partial charge is 2.00 e. The van der Waals surface area contributed by atoms with E-state index in [0.29, 0.717) is 11.3 Å². The third-order valence-corrected chi connectivity index (χ3v) is 6.47. The fraction of sp³-hybridized carbons (Fsp3) is 0.343. The summed E-state index contributed by atoms with van der Waals surface area (Å²) in [5.74, 6) is 2.12. The Kier molecular flexibility index (Phi) is 18.0. The number of hydrogen-bond donors (Lipinski definition) is 0. The first-order chi connectivity index (χ1) is 18.8.